The molecular weight excluding hydrogens is 494 g/mol. The molecule has 2 heterocycles. The molecule has 0 atom stereocenters. The third kappa shape index (κ3) is 3.78. The van der Waals surface area contributed by atoms with Gasteiger partial charge in [-0.2, -0.15) is 10.4 Å². The highest BCUT2D eigenvalue weighted by Gasteiger charge is 2.37. The molecule has 2 aliphatic heterocycles. The summed E-state index contributed by atoms with van der Waals surface area (Å²) in [5.74, 6) is -0.865. The molecule has 0 aromatic heterocycles. The Bertz CT molecular complexity index is 1390. The lowest BCUT2D eigenvalue weighted by atomic mass is 10.0. The van der Waals surface area contributed by atoms with Gasteiger partial charge in [0.1, 0.15) is 11.8 Å². The third-order valence-corrected chi connectivity index (χ3v) is 6.95. The lowest BCUT2D eigenvalue weighted by molar-refractivity contribution is 0.0693. The van der Waals surface area contributed by atoms with Crippen LogP contribution in [0.2, 0.25) is 0 Å². The van der Waals surface area contributed by atoms with E-state index in [2.05, 4.69) is 67.5 Å². The zero-order chi connectivity index (χ0) is 23.8. The standard InChI is InChI=1S/C26H20BrN5O2/c1-31-25(33)20-13-18(14-28)24(23(27)22(20)26(31)34)30-29-19-9-10-21-17(12-19)8-5-11-32(21)15-16-6-3-2-4-7-16/h2-4,6-7,9-10,12-13H,5,8,11,15H2,1H3. The van der Waals surface area contributed by atoms with E-state index < -0.39 is 11.8 Å². The number of amides is 2. The summed E-state index contributed by atoms with van der Waals surface area (Å²) < 4.78 is 0.306. The Morgan fingerprint density at radius 1 is 1.06 bits per heavy atom. The predicted octanol–water partition coefficient (Wildman–Crippen LogP) is 5.91. The van der Waals surface area contributed by atoms with Crippen LogP contribution in [0.3, 0.4) is 0 Å². The minimum Gasteiger partial charge on any atom is -0.367 e. The first-order valence-electron chi connectivity index (χ1n) is 10.9. The molecule has 2 amide bonds. The number of benzene rings is 3. The van der Waals surface area contributed by atoms with Crippen molar-refractivity contribution in [1.82, 2.24) is 4.90 Å². The molecule has 168 valence electrons. The molecule has 8 heteroatoms. The number of aryl methyl sites for hydroxylation is 1. The smallest absolute Gasteiger partial charge is 0.262 e. The number of anilines is 1. The zero-order valence-corrected chi connectivity index (χ0v) is 20.0. The highest BCUT2D eigenvalue weighted by atomic mass is 79.9. The summed E-state index contributed by atoms with van der Waals surface area (Å²) in [6.45, 7) is 1.85. The van der Waals surface area contributed by atoms with Gasteiger partial charge in [-0.1, -0.05) is 30.3 Å². The summed E-state index contributed by atoms with van der Waals surface area (Å²) in [7, 11) is 1.42. The van der Waals surface area contributed by atoms with Crippen molar-refractivity contribution >= 4 is 44.8 Å². The van der Waals surface area contributed by atoms with Crippen molar-refractivity contribution in [2.75, 3.05) is 18.5 Å². The van der Waals surface area contributed by atoms with Gasteiger partial charge in [0.25, 0.3) is 11.8 Å². The Hall–Kier alpha value is -3.83. The van der Waals surface area contributed by atoms with Crippen LogP contribution in [-0.2, 0) is 13.0 Å². The Morgan fingerprint density at radius 2 is 1.85 bits per heavy atom. The molecule has 0 aliphatic carbocycles. The quantitative estimate of drug-likeness (QED) is 0.320. The van der Waals surface area contributed by atoms with Crippen LogP contribution < -0.4 is 4.90 Å². The van der Waals surface area contributed by atoms with Crippen LogP contribution in [-0.4, -0.2) is 30.3 Å². The van der Waals surface area contributed by atoms with Crippen molar-refractivity contribution < 1.29 is 9.59 Å². The van der Waals surface area contributed by atoms with E-state index in [0.29, 0.717) is 10.2 Å². The lowest BCUT2D eigenvalue weighted by Crippen LogP contribution is -2.28. The normalized spacial score (nSPS) is 15.0. The largest absolute Gasteiger partial charge is 0.367 e. The van der Waals surface area contributed by atoms with Gasteiger partial charge in [-0.3, -0.25) is 14.5 Å². The van der Waals surface area contributed by atoms with Crippen LogP contribution in [0, 0.1) is 11.3 Å². The van der Waals surface area contributed by atoms with E-state index in [1.54, 1.807) is 0 Å². The number of halogens is 1. The third-order valence-electron chi connectivity index (χ3n) is 6.17. The van der Waals surface area contributed by atoms with E-state index in [1.165, 1.54) is 29.9 Å². The second-order valence-electron chi connectivity index (χ2n) is 8.31. The molecular formula is C26H20BrN5O2. The molecule has 0 bridgehead atoms. The maximum absolute atomic E-state index is 12.5. The minimum atomic E-state index is -0.435. The SMILES string of the molecule is CN1C(=O)c2cc(C#N)c(N=Nc3ccc4c(c3)CCCN4Cc3ccccc3)c(Br)c2C1=O. The van der Waals surface area contributed by atoms with Gasteiger partial charge in [0.05, 0.1) is 26.9 Å². The van der Waals surface area contributed by atoms with Crippen molar-refractivity contribution in [1.29, 1.82) is 5.26 Å². The van der Waals surface area contributed by atoms with Crippen LogP contribution in [0.4, 0.5) is 17.1 Å². The van der Waals surface area contributed by atoms with Gasteiger partial charge < -0.3 is 4.90 Å². The summed E-state index contributed by atoms with van der Waals surface area (Å²) in [5, 5.41) is 18.3. The van der Waals surface area contributed by atoms with Crippen LogP contribution in [0.15, 0.2) is 69.3 Å². The number of carbonyl (C=O) groups excluding carboxylic acids is 2. The number of rotatable bonds is 4. The Morgan fingerprint density at radius 3 is 2.62 bits per heavy atom. The number of nitrogens with zero attached hydrogens (tertiary/aromatic N) is 5. The topological polar surface area (TPSA) is 89.1 Å². The van der Waals surface area contributed by atoms with E-state index in [1.807, 2.05) is 18.2 Å². The number of hydrogen-bond donors (Lipinski definition) is 0. The molecule has 0 unspecified atom stereocenters. The average Bonchev–Trinajstić information content (AvgIpc) is 3.07. The summed E-state index contributed by atoms with van der Waals surface area (Å²) in [6.07, 6.45) is 2.01. The molecule has 0 spiro atoms. The lowest BCUT2D eigenvalue weighted by Gasteiger charge is -2.31. The van der Waals surface area contributed by atoms with Crippen LogP contribution in [0.25, 0.3) is 0 Å². The van der Waals surface area contributed by atoms with Crippen molar-refractivity contribution in [3.05, 3.63) is 86.9 Å². The highest BCUT2D eigenvalue weighted by Crippen LogP contribution is 2.40. The van der Waals surface area contributed by atoms with Crippen molar-refractivity contribution in [3.8, 4) is 6.07 Å². The average molecular weight is 514 g/mol. The van der Waals surface area contributed by atoms with Gasteiger partial charge in [-0.15, -0.1) is 5.11 Å². The molecule has 0 fully saturated rings. The highest BCUT2D eigenvalue weighted by molar-refractivity contribution is 9.10. The fourth-order valence-corrected chi connectivity index (χ4v) is 5.12. The van der Waals surface area contributed by atoms with E-state index in [-0.39, 0.29) is 22.4 Å². The second-order valence-corrected chi connectivity index (χ2v) is 9.11. The van der Waals surface area contributed by atoms with Gasteiger partial charge in [-0.25, -0.2) is 0 Å². The molecule has 3 aromatic carbocycles. The Labute approximate surface area is 205 Å². The molecule has 0 radical (unpaired) electrons. The van der Waals surface area contributed by atoms with Gasteiger partial charge in [0.2, 0.25) is 0 Å². The minimum absolute atomic E-state index is 0.179. The molecule has 7 nitrogen and oxygen atoms in total. The van der Waals surface area contributed by atoms with Crippen LogP contribution >= 0.6 is 15.9 Å². The van der Waals surface area contributed by atoms with Gasteiger partial charge in [-0.05, 0) is 64.2 Å². The molecule has 5 rings (SSSR count). The predicted molar refractivity (Wildman–Crippen MR) is 132 cm³/mol. The molecule has 0 saturated carbocycles. The molecule has 34 heavy (non-hydrogen) atoms. The number of fused-ring (bicyclic) bond motifs is 2. The molecule has 2 aliphatic rings. The summed E-state index contributed by atoms with van der Waals surface area (Å²) in [5.41, 5.74) is 5.15. The van der Waals surface area contributed by atoms with E-state index in [9.17, 15) is 14.9 Å². The summed E-state index contributed by atoms with van der Waals surface area (Å²) >= 11 is 3.38. The molecule has 3 aromatic rings. The van der Waals surface area contributed by atoms with Gasteiger partial charge in [0.15, 0.2) is 0 Å². The fraction of sp³-hybridized carbons (Fsp3) is 0.192. The van der Waals surface area contributed by atoms with E-state index in [4.69, 9.17) is 0 Å². The summed E-state index contributed by atoms with van der Waals surface area (Å²) in [6, 6.07) is 19.8. The number of hydrogen-bond acceptors (Lipinski definition) is 6. The number of azo groups is 1. The van der Waals surface area contributed by atoms with Crippen molar-refractivity contribution in [2.45, 2.75) is 19.4 Å². The van der Waals surface area contributed by atoms with Crippen LogP contribution in [0.5, 0.6) is 0 Å². The number of imide groups is 1. The maximum atomic E-state index is 12.5. The summed E-state index contributed by atoms with van der Waals surface area (Å²) in [4.78, 5) is 28.2. The monoisotopic (exact) mass is 513 g/mol. The number of nitriles is 1. The fourth-order valence-electron chi connectivity index (χ4n) is 4.44. The van der Waals surface area contributed by atoms with Crippen LogP contribution in [0.1, 0.15) is 43.8 Å². The zero-order valence-electron chi connectivity index (χ0n) is 18.5. The van der Waals surface area contributed by atoms with Crippen molar-refractivity contribution in [3.63, 3.8) is 0 Å². The van der Waals surface area contributed by atoms with Gasteiger partial charge in [0, 0.05) is 25.8 Å². The Balaban J connectivity index is 1.46. The first-order valence-corrected chi connectivity index (χ1v) is 11.7. The second kappa shape index (κ2) is 8.84. The van der Waals surface area contributed by atoms with Gasteiger partial charge >= 0.3 is 0 Å². The first kappa shape index (κ1) is 22.0. The van der Waals surface area contributed by atoms with E-state index in [0.717, 1.165) is 30.8 Å². The van der Waals surface area contributed by atoms with Crippen molar-refractivity contribution in [2.24, 2.45) is 10.2 Å². The molecule has 0 saturated heterocycles. The first-order chi connectivity index (χ1) is 16.5. The maximum Gasteiger partial charge on any atom is 0.262 e. The molecule has 0 N–H and O–H groups in total. The van der Waals surface area contributed by atoms with E-state index >= 15 is 0 Å². The number of carbonyl (C=O) groups is 2. The Kier molecular flexibility index (Phi) is 5.72.